The summed E-state index contributed by atoms with van der Waals surface area (Å²) >= 11 is 0. The molecule has 9 heteroatoms. The normalized spacial score (nSPS) is 7.94. The molecular formula is C22H18N6O2Ru. The summed E-state index contributed by atoms with van der Waals surface area (Å²) in [6.07, 6.45) is 8.57. The molecule has 0 spiro atoms. The molecule has 31 heavy (non-hydrogen) atoms. The van der Waals surface area contributed by atoms with Gasteiger partial charge in [-0.05, 0) is 48.5 Å². The summed E-state index contributed by atoms with van der Waals surface area (Å²) in [5, 5.41) is 27.5. The van der Waals surface area contributed by atoms with Gasteiger partial charge in [-0.1, -0.05) is 24.3 Å². The van der Waals surface area contributed by atoms with E-state index in [9.17, 15) is 0 Å². The van der Waals surface area contributed by atoms with E-state index in [1.165, 1.54) is 0 Å². The van der Waals surface area contributed by atoms with Crippen molar-refractivity contribution in [1.82, 2.24) is 19.9 Å². The summed E-state index contributed by atoms with van der Waals surface area (Å²) in [4.78, 5) is 16.7. The van der Waals surface area contributed by atoms with Crippen LogP contribution in [0.2, 0.25) is 0 Å². The number of aromatic nitrogens is 4. The van der Waals surface area contributed by atoms with Crippen molar-refractivity contribution in [3.8, 4) is 35.3 Å². The number of hydrogen-bond donors (Lipinski definition) is 2. The summed E-state index contributed by atoms with van der Waals surface area (Å²) < 4.78 is 0. The van der Waals surface area contributed by atoms with Crippen LogP contribution in [0.4, 0.5) is 0 Å². The molecule has 0 atom stereocenters. The Morgan fingerprint density at radius 2 is 0.677 bits per heavy atom. The van der Waals surface area contributed by atoms with Gasteiger partial charge in [-0.2, -0.15) is 10.5 Å². The first-order valence-corrected chi connectivity index (χ1v) is 8.48. The molecule has 0 amide bonds. The maximum absolute atomic E-state index is 6.88. The predicted octanol–water partition coefficient (Wildman–Crippen LogP) is 3.96. The Hall–Kier alpha value is -4.20. The van der Waals surface area contributed by atoms with E-state index in [-0.39, 0.29) is 19.5 Å². The molecule has 8 nitrogen and oxygen atoms in total. The third-order valence-electron chi connectivity index (χ3n) is 3.18. The zero-order chi connectivity index (χ0) is 21.9. The number of nitrogens with zero attached hydrogens (tertiary/aromatic N) is 6. The van der Waals surface area contributed by atoms with Crippen molar-refractivity contribution in [1.29, 1.82) is 10.5 Å². The van der Waals surface area contributed by atoms with E-state index in [0.29, 0.717) is 0 Å². The third-order valence-corrected chi connectivity index (χ3v) is 3.18. The van der Waals surface area contributed by atoms with E-state index < -0.39 is 0 Å². The van der Waals surface area contributed by atoms with E-state index in [2.05, 4.69) is 19.9 Å². The Morgan fingerprint density at radius 1 is 0.484 bits per heavy atom. The van der Waals surface area contributed by atoms with Crippen LogP contribution >= 0.6 is 0 Å². The number of pyridine rings is 4. The van der Waals surface area contributed by atoms with Crippen molar-refractivity contribution in [2.45, 2.75) is 0 Å². The largest absolute Gasteiger partial charge is 0.443 e. The maximum Gasteiger partial charge on any atom is 0.283 e. The van der Waals surface area contributed by atoms with Crippen molar-refractivity contribution in [2.24, 2.45) is 0 Å². The maximum atomic E-state index is 6.88. The third kappa shape index (κ3) is 11.4. The van der Waals surface area contributed by atoms with Gasteiger partial charge in [0.25, 0.3) is 12.5 Å². The van der Waals surface area contributed by atoms with Crippen LogP contribution in [0.25, 0.3) is 22.8 Å². The van der Waals surface area contributed by atoms with E-state index >= 15 is 0 Å². The first-order chi connectivity index (χ1) is 14.8. The molecule has 4 aromatic rings. The van der Waals surface area contributed by atoms with E-state index in [1.54, 1.807) is 24.8 Å². The van der Waals surface area contributed by atoms with Crippen molar-refractivity contribution in [3.05, 3.63) is 97.6 Å². The molecule has 2 N–H and O–H groups in total. The number of aliphatic hydroxyl groups excluding tert-OH is 2. The van der Waals surface area contributed by atoms with Gasteiger partial charge in [0, 0.05) is 44.3 Å². The topological polar surface area (TPSA) is 140 Å². The minimum absolute atomic E-state index is 0. The standard InChI is InChI=1S/2C10H8N2.2CHNO.Ru/c2*1-3-7-11-9(5-1)10-6-2-4-8-12-10;2*2-1-3;/h2*1-8H;2*3H;. The molecule has 0 aliphatic carbocycles. The molecule has 156 valence electrons. The fraction of sp³-hybridized carbons (Fsp3) is 0. The Balaban J connectivity index is 0.000000453. The summed E-state index contributed by atoms with van der Waals surface area (Å²) in [5.41, 5.74) is 3.66. The monoisotopic (exact) mass is 500 g/mol. The molecule has 4 aromatic heterocycles. The minimum Gasteiger partial charge on any atom is -0.443 e. The Bertz CT molecular complexity index is 864. The molecule has 4 heterocycles. The smallest absolute Gasteiger partial charge is 0.283 e. The van der Waals surface area contributed by atoms with Crippen molar-refractivity contribution in [3.63, 3.8) is 0 Å². The Labute approximate surface area is 192 Å². The fourth-order valence-electron chi connectivity index (χ4n) is 2.06. The molecule has 0 aliphatic heterocycles. The quantitative estimate of drug-likeness (QED) is 0.312. The van der Waals surface area contributed by atoms with E-state index in [4.69, 9.17) is 20.7 Å². The Morgan fingerprint density at radius 3 is 0.806 bits per heavy atom. The van der Waals surface area contributed by atoms with Gasteiger partial charge in [0.2, 0.25) is 0 Å². The fourth-order valence-corrected chi connectivity index (χ4v) is 2.06. The average molecular weight is 499 g/mol. The van der Waals surface area contributed by atoms with Crippen LogP contribution in [0, 0.1) is 23.0 Å². The van der Waals surface area contributed by atoms with E-state index in [1.807, 2.05) is 72.8 Å². The molecule has 0 saturated carbocycles. The zero-order valence-corrected chi connectivity index (χ0v) is 17.9. The van der Waals surface area contributed by atoms with Crippen molar-refractivity contribution in [2.75, 3.05) is 0 Å². The molecule has 0 fully saturated rings. The second-order valence-electron chi connectivity index (χ2n) is 5.06. The van der Waals surface area contributed by atoms with Crippen molar-refractivity contribution >= 4 is 0 Å². The van der Waals surface area contributed by atoms with Gasteiger partial charge in [0.15, 0.2) is 0 Å². The van der Waals surface area contributed by atoms with Gasteiger partial charge < -0.3 is 10.2 Å². The zero-order valence-electron chi connectivity index (χ0n) is 16.2. The SMILES string of the molecule is N#CO.N#CO.[Ru].c1ccc(-c2ccccn2)nc1.c1ccc(-c2ccccn2)nc1. The molecule has 0 unspecified atom stereocenters. The Kier molecular flexibility index (Phi) is 15.5. The van der Waals surface area contributed by atoms with Gasteiger partial charge in [0.05, 0.1) is 22.8 Å². The molecular weight excluding hydrogens is 481 g/mol. The molecule has 4 rings (SSSR count). The minimum atomic E-state index is 0. The first-order valence-electron chi connectivity index (χ1n) is 8.48. The van der Waals surface area contributed by atoms with Gasteiger partial charge >= 0.3 is 0 Å². The van der Waals surface area contributed by atoms with Crippen molar-refractivity contribution < 1.29 is 29.7 Å². The van der Waals surface area contributed by atoms with Crippen LogP contribution in [0.15, 0.2) is 97.6 Å². The number of nitriles is 2. The average Bonchev–Trinajstić information content (AvgIpc) is 2.83. The van der Waals surface area contributed by atoms with Gasteiger partial charge in [0.1, 0.15) is 0 Å². The molecule has 0 aromatic carbocycles. The number of hydrogen-bond acceptors (Lipinski definition) is 8. The van der Waals surface area contributed by atoms with E-state index in [0.717, 1.165) is 35.3 Å². The predicted molar refractivity (Wildman–Crippen MR) is 110 cm³/mol. The second-order valence-corrected chi connectivity index (χ2v) is 5.06. The van der Waals surface area contributed by atoms with Crippen LogP contribution in [-0.4, -0.2) is 30.1 Å². The number of rotatable bonds is 2. The summed E-state index contributed by atoms with van der Waals surface area (Å²) in [7, 11) is 0. The van der Waals surface area contributed by atoms with Gasteiger partial charge in [-0.15, -0.1) is 0 Å². The summed E-state index contributed by atoms with van der Waals surface area (Å²) in [6.45, 7) is 0. The second kappa shape index (κ2) is 17.9. The van der Waals surface area contributed by atoms with Crippen LogP contribution in [0.1, 0.15) is 0 Å². The molecule has 0 saturated heterocycles. The first kappa shape index (κ1) is 26.8. The van der Waals surface area contributed by atoms with Gasteiger partial charge in [-0.25, -0.2) is 0 Å². The van der Waals surface area contributed by atoms with Crippen LogP contribution in [0.5, 0.6) is 0 Å². The van der Waals surface area contributed by atoms with Crippen LogP contribution in [0.3, 0.4) is 0 Å². The molecule has 0 radical (unpaired) electrons. The summed E-state index contributed by atoms with van der Waals surface area (Å²) in [5.74, 6) is 0. The van der Waals surface area contributed by atoms with Crippen LogP contribution < -0.4 is 0 Å². The van der Waals surface area contributed by atoms with Crippen LogP contribution in [-0.2, 0) is 19.5 Å². The summed E-state index contributed by atoms with van der Waals surface area (Å²) in [6, 6.07) is 23.2. The van der Waals surface area contributed by atoms with Gasteiger partial charge in [-0.3, -0.25) is 19.9 Å². The molecule has 0 bridgehead atoms. The molecule has 0 aliphatic rings. The number of aliphatic hydroxyl groups is 2.